The Morgan fingerprint density at radius 3 is 2.23 bits per heavy atom. The normalized spacial score (nSPS) is 15.3. The van der Waals surface area contributed by atoms with Crippen LogP contribution in [0.5, 0.6) is 5.75 Å². The molecule has 11 rings (SSSR count). The molecule has 0 saturated carbocycles. The second-order valence-electron chi connectivity index (χ2n) is 12.9. The number of hydrogen-bond donors (Lipinski definition) is 0. The van der Waals surface area contributed by atoms with Gasteiger partial charge in [0.05, 0.1) is 11.0 Å². The molecule has 6 aromatic carbocycles. The zero-order valence-electron chi connectivity index (χ0n) is 25.7. The number of rotatable bonds is 2. The number of fused-ring (bicyclic) bond motifs is 12. The highest BCUT2D eigenvalue weighted by molar-refractivity contribution is 6.17. The van der Waals surface area contributed by atoms with Gasteiger partial charge in [-0.25, -0.2) is 0 Å². The Morgan fingerprint density at radius 2 is 1.34 bits per heavy atom. The molecule has 0 N–H and O–H groups in total. The van der Waals surface area contributed by atoms with E-state index in [0.717, 1.165) is 34.1 Å². The van der Waals surface area contributed by atoms with Gasteiger partial charge >= 0.3 is 0 Å². The smallest absolute Gasteiger partial charge is 0.137 e. The molecule has 0 saturated heterocycles. The molecule has 4 nitrogen and oxygen atoms in total. The molecule has 47 heavy (non-hydrogen) atoms. The number of aromatic nitrogens is 2. The van der Waals surface area contributed by atoms with E-state index in [0.29, 0.717) is 0 Å². The van der Waals surface area contributed by atoms with Crippen LogP contribution in [-0.4, -0.2) is 15.2 Å². The van der Waals surface area contributed by atoms with Crippen molar-refractivity contribution in [3.8, 4) is 22.6 Å². The largest absolute Gasteiger partial charge is 0.485 e. The van der Waals surface area contributed by atoms with Crippen molar-refractivity contribution in [2.24, 2.45) is 7.05 Å². The molecule has 222 valence electrons. The molecule has 4 heterocycles. The summed E-state index contributed by atoms with van der Waals surface area (Å²) in [5, 5.41) is 6.07. The van der Waals surface area contributed by atoms with Gasteiger partial charge in [-0.15, -0.1) is 0 Å². The van der Waals surface area contributed by atoms with E-state index in [1.165, 1.54) is 71.9 Å². The number of aryl methyl sites for hydroxylation is 1. The molecule has 0 amide bonds. The van der Waals surface area contributed by atoms with Gasteiger partial charge < -0.3 is 18.3 Å². The van der Waals surface area contributed by atoms with Crippen molar-refractivity contribution in [3.05, 3.63) is 144 Å². The highest BCUT2D eigenvalue weighted by atomic mass is 16.5. The summed E-state index contributed by atoms with van der Waals surface area (Å²) < 4.78 is 17.4. The Balaban J connectivity index is 1.13. The van der Waals surface area contributed by atoms with Crippen LogP contribution in [0.4, 0.5) is 0 Å². The van der Waals surface area contributed by atoms with E-state index in [9.17, 15) is 0 Å². The van der Waals surface area contributed by atoms with Crippen LogP contribution in [-0.2, 0) is 13.5 Å². The lowest BCUT2D eigenvalue weighted by Crippen LogP contribution is -2.21. The Hall–Kier alpha value is -6.00. The molecule has 4 heteroatoms. The van der Waals surface area contributed by atoms with E-state index in [1.54, 1.807) is 0 Å². The molecule has 0 bridgehead atoms. The topological polar surface area (TPSA) is 32.2 Å². The number of hydrogen-bond acceptors (Lipinski definition) is 2. The van der Waals surface area contributed by atoms with Crippen LogP contribution in [0.1, 0.15) is 16.8 Å². The molecule has 2 aliphatic rings. The van der Waals surface area contributed by atoms with Crippen molar-refractivity contribution in [1.82, 2.24) is 9.13 Å². The molecule has 1 atom stereocenters. The van der Waals surface area contributed by atoms with Crippen LogP contribution in [0.2, 0.25) is 0 Å². The fourth-order valence-electron chi connectivity index (χ4n) is 8.24. The predicted molar refractivity (Wildman–Crippen MR) is 192 cm³/mol. The van der Waals surface area contributed by atoms with Gasteiger partial charge in [0.15, 0.2) is 0 Å². The Labute approximate surface area is 270 Å². The first-order valence-corrected chi connectivity index (χ1v) is 16.2. The average Bonchev–Trinajstić information content (AvgIpc) is 3.84. The SMILES string of the molecule is Cn1c2ccc(-c3ccc4c(c3)c3c(n4-c4ccccc4)CC4Oc5ccccc5C4=C3)cc2c2cc3c(cc21)oc1ccccc13. The third-order valence-corrected chi connectivity index (χ3v) is 10.5. The molecule has 0 fully saturated rings. The van der Waals surface area contributed by atoms with Crippen molar-refractivity contribution in [2.75, 3.05) is 0 Å². The van der Waals surface area contributed by atoms with Gasteiger partial charge in [0.1, 0.15) is 23.0 Å². The van der Waals surface area contributed by atoms with E-state index in [-0.39, 0.29) is 6.10 Å². The molecule has 1 aliphatic carbocycles. The van der Waals surface area contributed by atoms with E-state index in [1.807, 2.05) is 12.1 Å². The van der Waals surface area contributed by atoms with Crippen LogP contribution in [0.15, 0.2) is 132 Å². The lowest BCUT2D eigenvalue weighted by Gasteiger charge is -2.20. The number of para-hydroxylation sites is 3. The van der Waals surface area contributed by atoms with Gasteiger partial charge in [0.2, 0.25) is 0 Å². The summed E-state index contributed by atoms with van der Waals surface area (Å²) in [6, 6.07) is 45.8. The number of nitrogens with zero attached hydrogens (tertiary/aromatic N) is 2. The van der Waals surface area contributed by atoms with Crippen LogP contribution < -0.4 is 4.74 Å². The van der Waals surface area contributed by atoms with Crippen LogP contribution in [0, 0.1) is 0 Å². The van der Waals surface area contributed by atoms with Crippen molar-refractivity contribution in [1.29, 1.82) is 0 Å². The summed E-state index contributed by atoms with van der Waals surface area (Å²) in [6.45, 7) is 0. The lowest BCUT2D eigenvalue weighted by molar-refractivity contribution is 0.274. The molecule has 3 aromatic heterocycles. The maximum Gasteiger partial charge on any atom is 0.137 e. The molecule has 9 aromatic rings. The maximum absolute atomic E-state index is 6.48. The van der Waals surface area contributed by atoms with E-state index in [2.05, 4.69) is 138 Å². The van der Waals surface area contributed by atoms with E-state index >= 15 is 0 Å². The molecule has 0 spiro atoms. The maximum atomic E-state index is 6.48. The third kappa shape index (κ3) is 3.42. The zero-order chi connectivity index (χ0) is 30.8. The van der Waals surface area contributed by atoms with Crippen LogP contribution >= 0.6 is 0 Å². The Kier molecular flexibility index (Phi) is 4.86. The first kappa shape index (κ1) is 25.2. The molecular formula is C43H28N2O2. The van der Waals surface area contributed by atoms with Crippen LogP contribution in [0.3, 0.4) is 0 Å². The number of benzene rings is 6. The van der Waals surface area contributed by atoms with Gasteiger partial charge in [0, 0.05) is 80.1 Å². The highest BCUT2D eigenvalue weighted by Gasteiger charge is 2.35. The fourth-order valence-corrected chi connectivity index (χ4v) is 8.24. The molecule has 1 aliphatic heterocycles. The summed E-state index contributed by atoms with van der Waals surface area (Å²) in [5.74, 6) is 0.981. The fraction of sp³-hybridized carbons (Fsp3) is 0.0698. The predicted octanol–water partition coefficient (Wildman–Crippen LogP) is 10.7. The monoisotopic (exact) mass is 604 g/mol. The first-order valence-electron chi connectivity index (χ1n) is 16.2. The molecule has 1 unspecified atom stereocenters. The summed E-state index contributed by atoms with van der Waals surface area (Å²) in [5.41, 5.74) is 14.1. The summed E-state index contributed by atoms with van der Waals surface area (Å²) in [4.78, 5) is 0. The number of furan rings is 1. The molecule has 0 radical (unpaired) electrons. The number of ether oxygens (including phenoxy) is 1. The highest BCUT2D eigenvalue weighted by Crippen LogP contribution is 2.46. The van der Waals surface area contributed by atoms with Gasteiger partial charge in [0.25, 0.3) is 0 Å². The minimum Gasteiger partial charge on any atom is -0.485 e. The van der Waals surface area contributed by atoms with Gasteiger partial charge in [-0.05, 0) is 71.8 Å². The van der Waals surface area contributed by atoms with E-state index < -0.39 is 0 Å². The second kappa shape index (κ2) is 9.05. The summed E-state index contributed by atoms with van der Waals surface area (Å²) in [6.07, 6.45) is 3.24. The van der Waals surface area contributed by atoms with Gasteiger partial charge in [-0.1, -0.05) is 66.7 Å². The Bertz CT molecular complexity index is 2810. The van der Waals surface area contributed by atoms with E-state index in [4.69, 9.17) is 9.15 Å². The first-order chi connectivity index (χ1) is 23.2. The minimum atomic E-state index is 0.0266. The molecular weight excluding hydrogens is 576 g/mol. The summed E-state index contributed by atoms with van der Waals surface area (Å²) in [7, 11) is 2.15. The van der Waals surface area contributed by atoms with Crippen molar-refractivity contribution >= 4 is 66.3 Å². The lowest BCUT2D eigenvalue weighted by atomic mass is 9.90. The van der Waals surface area contributed by atoms with Gasteiger partial charge in [-0.3, -0.25) is 0 Å². The van der Waals surface area contributed by atoms with Crippen molar-refractivity contribution < 1.29 is 9.15 Å². The zero-order valence-corrected chi connectivity index (χ0v) is 25.7. The Morgan fingerprint density at radius 1 is 0.596 bits per heavy atom. The summed E-state index contributed by atoms with van der Waals surface area (Å²) >= 11 is 0. The second-order valence-corrected chi connectivity index (χ2v) is 12.9. The van der Waals surface area contributed by atoms with Crippen molar-refractivity contribution in [2.45, 2.75) is 12.5 Å². The average molecular weight is 605 g/mol. The standard InChI is InChI=1S/C43H28N2O2/c1-44-36-17-15-25(19-30(36)32-21-34-28-11-5-7-13-40(28)46-42(34)23-38(32)44)26-16-18-37-31(20-26)33-22-35-29-12-6-8-14-41(29)47-43(35)24-39(33)45(37)27-9-3-2-4-10-27/h2-23,43H,24H2,1H3. The minimum absolute atomic E-state index is 0.0266. The van der Waals surface area contributed by atoms with Crippen molar-refractivity contribution in [3.63, 3.8) is 0 Å². The van der Waals surface area contributed by atoms with Gasteiger partial charge in [-0.2, -0.15) is 0 Å². The third-order valence-electron chi connectivity index (χ3n) is 10.5. The van der Waals surface area contributed by atoms with Crippen LogP contribution in [0.25, 0.3) is 83.1 Å². The quantitative estimate of drug-likeness (QED) is 0.197.